The lowest BCUT2D eigenvalue weighted by Gasteiger charge is -2.16. The van der Waals surface area contributed by atoms with E-state index in [-0.39, 0.29) is 11.7 Å². The number of carboxylic acids is 1. The largest absolute Gasteiger partial charge is 0.481 e. The third-order valence-corrected chi connectivity index (χ3v) is 3.61. The quantitative estimate of drug-likeness (QED) is 0.601. The van der Waals surface area contributed by atoms with Crippen molar-refractivity contribution in [3.8, 4) is 0 Å². The topological polar surface area (TPSA) is 106 Å². The van der Waals surface area contributed by atoms with Crippen molar-refractivity contribution in [3.63, 3.8) is 0 Å². The lowest BCUT2D eigenvalue weighted by atomic mass is 9.93. The van der Waals surface area contributed by atoms with E-state index in [0.717, 1.165) is 5.56 Å². The van der Waals surface area contributed by atoms with Gasteiger partial charge >= 0.3 is 5.97 Å². The average molecular weight is 264 g/mol. The number of nitrogens with two attached hydrogens (primary N) is 1. The molecule has 0 saturated heterocycles. The van der Waals surface area contributed by atoms with Crippen molar-refractivity contribution in [2.24, 2.45) is 11.1 Å². The van der Waals surface area contributed by atoms with E-state index < -0.39 is 16.3 Å². The van der Waals surface area contributed by atoms with Crippen LogP contribution in [-0.2, 0) is 11.2 Å². The molecule has 0 aromatic heterocycles. The van der Waals surface area contributed by atoms with Gasteiger partial charge in [-0.25, -0.2) is 0 Å². The van der Waals surface area contributed by atoms with Crippen LogP contribution in [0, 0.1) is 15.5 Å². The molecule has 1 aromatic carbocycles. The smallest absolute Gasteiger partial charge is 0.309 e. The van der Waals surface area contributed by atoms with Crippen LogP contribution in [-0.4, -0.2) is 22.0 Å². The molecule has 0 heterocycles. The summed E-state index contributed by atoms with van der Waals surface area (Å²) in [6, 6.07) is 5.97. The Kier molecular flexibility index (Phi) is 3.53. The monoisotopic (exact) mass is 264 g/mol. The summed E-state index contributed by atoms with van der Waals surface area (Å²) in [6.45, 7) is 0. The van der Waals surface area contributed by atoms with Gasteiger partial charge in [-0.05, 0) is 31.2 Å². The van der Waals surface area contributed by atoms with Gasteiger partial charge in [0.25, 0.3) is 5.69 Å². The molecule has 2 rings (SSSR count). The third-order valence-electron chi connectivity index (χ3n) is 3.61. The summed E-state index contributed by atoms with van der Waals surface area (Å²) in [5.74, 6) is -0.772. The summed E-state index contributed by atoms with van der Waals surface area (Å²) in [4.78, 5) is 21.1. The summed E-state index contributed by atoms with van der Waals surface area (Å²) in [5.41, 5.74) is 6.28. The fourth-order valence-electron chi connectivity index (χ4n) is 2.29. The maximum atomic E-state index is 11.1. The highest BCUT2D eigenvalue weighted by molar-refractivity contribution is 5.77. The van der Waals surface area contributed by atoms with Crippen LogP contribution in [0.3, 0.4) is 0 Å². The lowest BCUT2D eigenvalue weighted by molar-refractivity contribution is -0.384. The first-order valence-corrected chi connectivity index (χ1v) is 6.15. The second kappa shape index (κ2) is 4.97. The van der Waals surface area contributed by atoms with Gasteiger partial charge in [0.2, 0.25) is 0 Å². The van der Waals surface area contributed by atoms with Gasteiger partial charge in [0.15, 0.2) is 0 Å². The van der Waals surface area contributed by atoms with Gasteiger partial charge in [-0.3, -0.25) is 14.9 Å². The van der Waals surface area contributed by atoms with E-state index >= 15 is 0 Å². The number of nitrogens with zero attached hydrogens (tertiary/aromatic N) is 1. The first kappa shape index (κ1) is 13.5. The van der Waals surface area contributed by atoms with Gasteiger partial charge < -0.3 is 10.8 Å². The maximum Gasteiger partial charge on any atom is 0.309 e. The van der Waals surface area contributed by atoms with Crippen molar-refractivity contribution in [1.82, 2.24) is 0 Å². The van der Waals surface area contributed by atoms with Crippen LogP contribution in [0.5, 0.6) is 0 Å². The molecule has 0 radical (unpaired) electrons. The molecule has 1 saturated carbocycles. The number of nitro benzene ring substituents is 1. The van der Waals surface area contributed by atoms with Crippen molar-refractivity contribution in [1.29, 1.82) is 0 Å². The Morgan fingerprint density at radius 2 is 2.00 bits per heavy atom. The van der Waals surface area contributed by atoms with E-state index in [4.69, 9.17) is 10.8 Å². The van der Waals surface area contributed by atoms with Crippen molar-refractivity contribution < 1.29 is 14.8 Å². The molecule has 0 amide bonds. The predicted molar refractivity (Wildman–Crippen MR) is 68.7 cm³/mol. The molecule has 19 heavy (non-hydrogen) atoms. The predicted octanol–water partition coefficient (Wildman–Crippen LogP) is 1.72. The number of carboxylic acid groups (broad SMARTS) is 1. The van der Waals surface area contributed by atoms with Gasteiger partial charge in [-0.2, -0.15) is 0 Å². The standard InChI is InChI=1S/C13H16N2O4/c14-10(8-13(5-6-13)12(16)17)7-9-1-3-11(4-2-9)15(18)19/h1-4,10H,5-8,14H2,(H,16,17). The maximum absolute atomic E-state index is 11.1. The number of hydrogen-bond donors (Lipinski definition) is 2. The van der Waals surface area contributed by atoms with Gasteiger partial charge in [0.05, 0.1) is 10.3 Å². The average Bonchev–Trinajstić information content (AvgIpc) is 3.10. The molecule has 1 aromatic rings. The molecular formula is C13H16N2O4. The molecule has 0 spiro atoms. The molecular weight excluding hydrogens is 248 g/mol. The molecule has 0 bridgehead atoms. The molecule has 0 aliphatic heterocycles. The number of benzene rings is 1. The van der Waals surface area contributed by atoms with E-state index in [9.17, 15) is 14.9 Å². The number of aliphatic carboxylic acids is 1. The number of rotatable bonds is 6. The SMILES string of the molecule is NC(Cc1ccc([N+](=O)[O-])cc1)CC1(C(=O)O)CC1. The Morgan fingerprint density at radius 1 is 1.42 bits per heavy atom. The molecule has 6 heteroatoms. The third kappa shape index (κ3) is 3.08. The minimum atomic E-state index is -0.772. The Hall–Kier alpha value is -1.95. The van der Waals surface area contributed by atoms with Gasteiger partial charge in [-0.15, -0.1) is 0 Å². The van der Waals surface area contributed by atoms with E-state index in [1.165, 1.54) is 12.1 Å². The van der Waals surface area contributed by atoms with Gasteiger partial charge in [0, 0.05) is 18.2 Å². The Labute approximate surface area is 110 Å². The summed E-state index contributed by atoms with van der Waals surface area (Å²) in [7, 11) is 0. The zero-order valence-electron chi connectivity index (χ0n) is 10.4. The summed E-state index contributed by atoms with van der Waals surface area (Å²) >= 11 is 0. The van der Waals surface area contributed by atoms with E-state index in [1.54, 1.807) is 12.1 Å². The second-order valence-electron chi connectivity index (χ2n) is 5.18. The van der Waals surface area contributed by atoms with Crippen LogP contribution in [0.2, 0.25) is 0 Å². The zero-order valence-corrected chi connectivity index (χ0v) is 10.4. The molecule has 102 valence electrons. The molecule has 3 N–H and O–H groups in total. The van der Waals surface area contributed by atoms with Crippen molar-refractivity contribution >= 4 is 11.7 Å². The highest BCUT2D eigenvalue weighted by atomic mass is 16.6. The highest BCUT2D eigenvalue weighted by Gasteiger charge is 2.50. The number of hydrogen-bond acceptors (Lipinski definition) is 4. The van der Waals surface area contributed by atoms with Crippen LogP contribution in [0.15, 0.2) is 24.3 Å². The van der Waals surface area contributed by atoms with Crippen molar-refractivity contribution in [2.75, 3.05) is 0 Å². The van der Waals surface area contributed by atoms with Gasteiger partial charge in [-0.1, -0.05) is 12.1 Å². The van der Waals surface area contributed by atoms with Crippen LogP contribution in [0.4, 0.5) is 5.69 Å². The summed E-state index contributed by atoms with van der Waals surface area (Å²) in [5, 5.41) is 19.6. The fraction of sp³-hybridized carbons (Fsp3) is 0.462. The zero-order chi connectivity index (χ0) is 14.0. The lowest BCUT2D eigenvalue weighted by Crippen LogP contribution is -2.30. The van der Waals surface area contributed by atoms with Crippen LogP contribution < -0.4 is 5.73 Å². The van der Waals surface area contributed by atoms with E-state index in [2.05, 4.69) is 0 Å². The minimum Gasteiger partial charge on any atom is -0.481 e. The molecule has 1 unspecified atom stereocenters. The molecule has 1 atom stereocenters. The summed E-state index contributed by atoms with van der Waals surface area (Å²) in [6.07, 6.45) is 2.37. The molecule has 1 aliphatic rings. The summed E-state index contributed by atoms with van der Waals surface area (Å²) < 4.78 is 0. The van der Waals surface area contributed by atoms with Crippen molar-refractivity contribution in [2.45, 2.75) is 31.7 Å². The van der Waals surface area contributed by atoms with Crippen LogP contribution >= 0.6 is 0 Å². The Morgan fingerprint density at radius 3 is 2.42 bits per heavy atom. The molecule has 6 nitrogen and oxygen atoms in total. The number of carbonyl (C=O) groups is 1. The number of non-ortho nitro benzene ring substituents is 1. The fourth-order valence-corrected chi connectivity index (χ4v) is 2.29. The molecule has 1 aliphatic carbocycles. The van der Waals surface area contributed by atoms with Gasteiger partial charge in [0.1, 0.15) is 0 Å². The van der Waals surface area contributed by atoms with E-state index in [0.29, 0.717) is 25.7 Å². The Bertz CT molecular complexity index is 494. The molecule has 1 fully saturated rings. The highest BCUT2D eigenvalue weighted by Crippen LogP contribution is 2.49. The normalized spacial score (nSPS) is 17.7. The first-order valence-electron chi connectivity index (χ1n) is 6.15. The van der Waals surface area contributed by atoms with Crippen LogP contribution in [0.1, 0.15) is 24.8 Å². The Balaban J connectivity index is 1.94. The number of nitro groups is 1. The van der Waals surface area contributed by atoms with Crippen molar-refractivity contribution in [3.05, 3.63) is 39.9 Å². The van der Waals surface area contributed by atoms with E-state index in [1.807, 2.05) is 0 Å². The first-order chi connectivity index (χ1) is 8.93. The minimum absolute atomic E-state index is 0.0431. The van der Waals surface area contributed by atoms with Crippen LogP contribution in [0.25, 0.3) is 0 Å². The second-order valence-corrected chi connectivity index (χ2v) is 5.18.